The fourth-order valence-electron chi connectivity index (χ4n) is 4.16. The van der Waals surface area contributed by atoms with Gasteiger partial charge in [-0.15, -0.1) is 0 Å². The van der Waals surface area contributed by atoms with Crippen LogP contribution in [0.15, 0.2) is 18.3 Å². The first-order chi connectivity index (χ1) is 11.8. The average molecular weight is 336 g/mol. The van der Waals surface area contributed by atoms with Crippen LogP contribution in [-0.2, 0) is 9.47 Å². The largest absolute Gasteiger partial charge is 0.475 e. The number of hydrogen-bond acceptors (Lipinski definition) is 5. The molecule has 3 saturated heterocycles. The predicted molar refractivity (Wildman–Crippen MR) is 86.5 cm³/mol. The summed E-state index contributed by atoms with van der Waals surface area (Å²) in [6.07, 6.45) is 4.85. The van der Waals surface area contributed by atoms with Gasteiger partial charge in [0.15, 0.2) is 5.82 Å². The maximum Gasteiger partial charge on any atom is 0.250 e. The third kappa shape index (κ3) is 3.27. The molecule has 0 saturated carbocycles. The summed E-state index contributed by atoms with van der Waals surface area (Å²) in [4.78, 5) is 6.44. The van der Waals surface area contributed by atoms with Gasteiger partial charge in [-0.25, -0.2) is 9.37 Å². The van der Waals surface area contributed by atoms with Crippen molar-refractivity contribution in [3.63, 3.8) is 0 Å². The normalized spacial score (nSPS) is 27.3. The fourth-order valence-corrected chi connectivity index (χ4v) is 4.16. The van der Waals surface area contributed by atoms with Crippen molar-refractivity contribution >= 4 is 0 Å². The summed E-state index contributed by atoms with van der Waals surface area (Å²) < 4.78 is 30.8. The smallest absolute Gasteiger partial charge is 0.250 e. The number of pyridine rings is 1. The number of halogens is 1. The van der Waals surface area contributed by atoms with Gasteiger partial charge in [0.2, 0.25) is 5.88 Å². The van der Waals surface area contributed by atoms with Crippen LogP contribution in [0.5, 0.6) is 5.88 Å². The molecule has 1 spiro atoms. The van der Waals surface area contributed by atoms with E-state index < -0.39 is 5.82 Å². The number of likely N-dealkylation sites (tertiary alicyclic amines) is 1. The van der Waals surface area contributed by atoms with E-state index >= 15 is 0 Å². The Morgan fingerprint density at radius 1 is 1.25 bits per heavy atom. The highest BCUT2D eigenvalue weighted by Crippen LogP contribution is 2.40. The highest BCUT2D eigenvalue weighted by molar-refractivity contribution is 5.13. The lowest BCUT2D eigenvalue weighted by molar-refractivity contribution is -0.143. The molecule has 3 fully saturated rings. The number of hydrogen-bond donors (Lipinski definition) is 0. The summed E-state index contributed by atoms with van der Waals surface area (Å²) in [5, 5.41) is 0. The molecule has 1 aromatic heterocycles. The van der Waals surface area contributed by atoms with E-state index in [1.165, 1.54) is 6.07 Å². The number of nitrogens with zero attached hydrogens (tertiary/aromatic N) is 2. The van der Waals surface area contributed by atoms with E-state index in [4.69, 9.17) is 14.2 Å². The average Bonchev–Trinajstić information content (AvgIpc) is 2.99. The summed E-state index contributed by atoms with van der Waals surface area (Å²) in [6.45, 7) is 6.09. The number of rotatable bonds is 5. The molecule has 0 bridgehead atoms. The van der Waals surface area contributed by atoms with E-state index in [0.29, 0.717) is 12.5 Å². The first-order valence-corrected chi connectivity index (χ1v) is 8.92. The van der Waals surface area contributed by atoms with E-state index in [1.807, 2.05) is 0 Å². The Morgan fingerprint density at radius 2 is 2.08 bits per heavy atom. The molecule has 0 amide bonds. The molecule has 0 radical (unpaired) electrons. The van der Waals surface area contributed by atoms with Crippen molar-refractivity contribution < 1.29 is 18.6 Å². The van der Waals surface area contributed by atoms with Crippen molar-refractivity contribution in [1.82, 2.24) is 9.88 Å². The Balaban J connectivity index is 1.29. The molecule has 4 rings (SSSR count). The first kappa shape index (κ1) is 16.2. The second-order valence-electron chi connectivity index (χ2n) is 7.23. The maximum atomic E-state index is 13.6. The zero-order valence-corrected chi connectivity index (χ0v) is 14.0. The lowest BCUT2D eigenvalue weighted by Gasteiger charge is -2.51. The van der Waals surface area contributed by atoms with Crippen molar-refractivity contribution in [1.29, 1.82) is 0 Å². The van der Waals surface area contributed by atoms with E-state index in [9.17, 15) is 4.39 Å². The van der Waals surface area contributed by atoms with Crippen LogP contribution in [0.3, 0.4) is 0 Å². The summed E-state index contributed by atoms with van der Waals surface area (Å²) in [6, 6.07) is 2.95. The van der Waals surface area contributed by atoms with Crippen LogP contribution in [0.1, 0.15) is 19.3 Å². The quantitative estimate of drug-likeness (QED) is 0.824. The molecule has 1 aromatic rings. The Bertz CT molecular complexity index is 559. The van der Waals surface area contributed by atoms with Gasteiger partial charge in [-0.2, -0.15) is 0 Å². The van der Waals surface area contributed by atoms with Crippen molar-refractivity contribution in [2.45, 2.75) is 24.9 Å². The van der Waals surface area contributed by atoms with Gasteiger partial charge < -0.3 is 14.2 Å². The van der Waals surface area contributed by atoms with Crippen molar-refractivity contribution in [3.05, 3.63) is 24.1 Å². The lowest BCUT2D eigenvalue weighted by atomic mass is 9.80. The Morgan fingerprint density at radius 3 is 2.88 bits per heavy atom. The van der Waals surface area contributed by atoms with Crippen LogP contribution < -0.4 is 4.74 Å². The van der Waals surface area contributed by atoms with Gasteiger partial charge >= 0.3 is 0 Å². The molecule has 1 unspecified atom stereocenters. The zero-order chi connectivity index (χ0) is 16.4. The van der Waals surface area contributed by atoms with E-state index in [-0.39, 0.29) is 11.5 Å². The molecule has 0 N–H and O–H groups in total. The summed E-state index contributed by atoms with van der Waals surface area (Å²) in [7, 11) is 0. The molecule has 5 nitrogen and oxygen atoms in total. The summed E-state index contributed by atoms with van der Waals surface area (Å²) >= 11 is 0. The lowest BCUT2D eigenvalue weighted by Crippen LogP contribution is -2.66. The number of ether oxygens (including phenoxy) is 3. The Kier molecular flexibility index (Phi) is 4.70. The molecule has 0 aliphatic carbocycles. The second-order valence-corrected chi connectivity index (χ2v) is 7.23. The van der Waals surface area contributed by atoms with Crippen molar-refractivity contribution in [2.24, 2.45) is 11.8 Å². The van der Waals surface area contributed by atoms with E-state index in [0.717, 1.165) is 64.6 Å². The standard InChI is InChI=1S/C18H25FN2O3/c19-16-2-1-6-20-17(16)23-11-15-5-9-24-18(15)12-21(13-18)10-14-3-7-22-8-4-14/h1-2,6,14-15H,3-5,7-13H2. The van der Waals surface area contributed by atoms with Crippen LogP contribution in [0.2, 0.25) is 0 Å². The highest BCUT2D eigenvalue weighted by Gasteiger charge is 2.53. The van der Waals surface area contributed by atoms with Crippen LogP contribution in [-0.4, -0.2) is 61.5 Å². The molecule has 0 aromatic carbocycles. The predicted octanol–water partition coefficient (Wildman–Crippen LogP) is 2.12. The van der Waals surface area contributed by atoms with E-state index in [1.54, 1.807) is 12.3 Å². The molecule has 1 atom stereocenters. The van der Waals surface area contributed by atoms with Crippen molar-refractivity contribution in [3.8, 4) is 5.88 Å². The molecule has 3 aliphatic heterocycles. The van der Waals surface area contributed by atoms with Gasteiger partial charge in [0, 0.05) is 51.6 Å². The summed E-state index contributed by atoms with van der Waals surface area (Å²) in [5.74, 6) is 0.748. The molecular formula is C18H25FN2O3. The van der Waals surface area contributed by atoms with Crippen LogP contribution in [0.25, 0.3) is 0 Å². The number of aromatic nitrogens is 1. The topological polar surface area (TPSA) is 43.8 Å². The molecule has 132 valence electrons. The third-order valence-electron chi connectivity index (χ3n) is 5.59. The minimum absolute atomic E-state index is 0.0953. The van der Waals surface area contributed by atoms with Crippen LogP contribution in [0.4, 0.5) is 4.39 Å². The maximum absolute atomic E-state index is 13.6. The van der Waals surface area contributed by atoms with Crippen LogP contribution >= 0.6 is 0 Å². The molecule has 3 aliphatic rings. The Labute approximate surface area is 142 Å². The molecule has 24 heavy (non-hydrogen) atoms. The van der Waals surface area contributed by atoms with Crippen molar-refractivity contribution in [2.75, 3.05) is 46.1 Å². The third-order valence-corrected chi connectivity index (χ3v) is 5.59. The fraction of sp³-hybridized carbons (Fsp3) is 0.722. The van der Waals surface area contributed by atoms with Gasteiger partial charge in [0.05, 0.1) is 12.2 Å². The monoisotopic (exact) mass is 336 g/mol. The van der Waals surface area contributed by atoms with Gasteiger partial charge in [0.25, 0.3) is 0 Å². The minimum Gasteiger partial charge on any atom is -0.475 e. The zero-order valence-electron chi connectivity index (χ0n) is 14.0. The SMILES string of the molecule is Fc1cccnc1OCC1CCOC12CN(CC1CCOCC1)C2. The van der Waals surface area contributed by atoms with Gasteiger partial charge in [-0.1, -0.05) is 0 Å². The van der Waals surface area contributed by atoms with Gasteiger partial charge in [-0.05, 0) is 37.3 Å². The molecule has 4 heterocycles. The molecule has 6 heteroatoms. The first-order valence-electron chi connectivity index (χ1n) is 8.92. The second kappa shape index (κ2) is 6.94. The minimum atomic E-state index is -0.403. The van der Waals surface area contributed by atoms with Crippen LogP contribution in [0, 0.1) is 17.7 Å². The van der Waals surface area contributed by atoms with Gasteiger partial charge in [-0.3, -0.25) is 4.90 Å². The Hall–Kier alpha value is -1.24. The highest BCUT2D eigenvalue weighted by atomic mass is 19.1. The van der Waals surface area contributed by atoms with Gasteiger partial charge in [0.1, 0.15) is 0 Å². The van der Waals surface area contributed by atoms with E-state index in [2.05, 4.69) is 9.88 Å². The summed E-state index contributed by atoms with van der Waals surface area (Å²) in [5.41, 5.74) is -0.101. The molecular weight excluding hydrogens is 311 g/mol.